The summed E-state index contributed by atoms with van der Waals surface area (Å²) in [5.74, 6) is 0. The van der Waals surface area contributed by atoms with Crippen molar-refractivity contribution in [3.05, 3.63) is 0 Å². The first-order chi connectivity index (χ1) is 4.20. The first kappa shape index (κ1) is 7.75. The molecule has 0 aromatic carbocycles. The second-order valence-electron chi connectivity index (χ2n) is 2.70. The second kappa shape index (κ2) is 3.16. The molecule has 0 radical (unpaired) electrons. The minimum atomic E-state index is 0.732. The van der Waals surface area contributed by atoms with Crippen LogP contribution in [0.2, 0.25) is 0 Å². The number of piperazine rings is 1. The van der Waals surface area contributed by atoms with Gasteiger partial charge in [0.25, 0.3) is 0 Å². The van der Waals surface area contributed by atoms with Crippen LogP contribution in [0.1, 0.15) is 6.92 Å². The van der Waals surface area contributed by atoms with Crippen LogP contribution in [0.15, 0.2) is 0 Å². The Balaban J connectivity index is 2.35. The van der Waals surface area contributed by atoms with Crippen LogP contribution < -0.4 is 0 Å². The van der Waals surface area contributed by atoms with Crippen molar-refractivity contribution in [2.75, 3.05) is 26.7 Å². The molecule has 0 N–H and O–H groups in total. The summed E-state index contributed by atoms with van der Waals surface area (Å²) in [6.45, 7) is 5.90. The van der Waals surface area contributed by atoms with Gasteiger partial charge in [-0.1, -0.05) is 0 Å². The van der Waals surface area contributed by atoms with Crippen molar-refractivity contribution < 1.29 is 0 Å². The SMILES string of the molecule is C[C@H]1CN(I)CCN1C. The van der Waals surface area contributed by atoms with E-state index in [1.165, 1.54) is 19.6 Å². The minimum Gasteiger partial charge on any atom is -0.301 e. The molecule has 9 heavy (non-hydrogen) atoms. The predicted molar refractivity (Wildman–Crippen MR) is 47.7 cm³/mol. The van der Waals surface area contributed by atoms with Gasteiger partial charge in [-0.05, 0) is 14.0 Å². The van der Waals surface area contributed by atoms with Gasteiger partial charge in [-0.2, -0.15) is 0 Å². The Hall–Kier alpha value is 0.650. The zero-order chi connectivity index (χ0) is 6.85. The van der Waals surface area contributed by atoms with Gasteiger partial charge in [0, 0.05) is 48.5 Å². The Bertz CT molecular complexity index is 97.1. The maximum absolute atomic E-state index is 2.40. The lowest BCUT2D eigenvalue weighted by atomic mass is 10.2. The van der Waals surface area contributed by atoms with E-state index in [4.69, 9.17) is 0 Å². The number of rotatable bonds is 0. The Morgan fingerprint density at radius 3 is 2.56 bits per heavy atom. The van der Waals surface area contributed by atoms with Crippen molar-refractivity contribution in [3.8, 4) is 0 Å². The summed E-state index contributed by atoms with van der Waals surface area (Å²) in [5, 5.41) is 0. The molecule has 0 amide bonds. The highest BCUT2D eigenvalue weighted by atomic mass is 127. The maximum Gasteiger partial charge on any atom is 0.0235 e. The molecule has 3 heteroatoms. The molecule has 1 aliphatic rings. The van der Waals surface area contributed by atoms with Crippen molar-refractivity contribution in [1.82, 2.24) is 8.01 Å². The third-order valence-electron chi connectivity index (χ3n) is 1.91. The lowest BCUT2D eigenvalue weighted by Crippen LogP contribution is -2.46. The highest BCUT2D eigenvalue weighted by Gasteiger charge is 2.17. The smallest absolute Gasteiger partial charge is 0.0235 e. The van der Waals surface area contributed by atoms with Gasteiger partial charge in [0.05, 0.1) is 0 Å². The summed E-state index contributed by atoms with van der Waals surface area (Å²) < 4.78 is 2.35. The molecule has 1 fully saturated rings. The maximum atomic E-state index is 2.40. The van der Waals surface area contributed by atoms with Crippen LogP contribution in [-0.4, -0.2) is 40.7 Å². The van der Waals surface area contributed by atoms with Crippen LogP contribution in [0.4, 0.5) is 0 Å². The summed E-state index contributed by atoms with van der Waals surface area (Å²) >= 11 is 2.39. The molecule has 0 aromatic heterocycles. The van der Waals surface area contributed by atoms with E-state index in [1.807, 2.05) is 0 Å². The molecule has 0 saturated carbocycles. The molecule has 1 saturated heterocycles. The van der Waals surface area contributed by atoms with Gasteiger partial charge in [0.2, 0.25) is 0 Å². The summed E-state index contributed by atoms with van der Waals surface area (Å²) in [4.78, 5) is 2.40. The lowest BCUT2D eigenvalue weighted by molar-refractivity contribution is 0.177. The standard InChI is InChI=1S/C6H13IN2/c1-6-5-9(7)4-3-8(6)2/h6H,3-5H2,1-2H3/t6-/m0/s1. The van der Waals surface area contributed by atoms with E-state index < -0.39 is 0 Å². The normalized spacial score (nSPS) is 33.0. The summed E-state index contributed by atoms with van der Waals surface area (Å²) in [5.41, 5.74) is 0. The highest BCUT2D eigenvalue weighted by Crippen LogP contribution is 2.09. The zero-order valence-corrected chi connectivity index (χ0v) is 8.13. The topological polar surface area (TPSA) is 6.48 Å². The Labute approximate surface area is 70.7 Å². The molecular formula is C6H13IN2. The number of halogens is 1. The Morgan fingerprint density at radius 2 is 2.11 bits per heavy atom. The van der Waals surface area contributed by atoms with Crippen LogP contribution in [0.25, 0.3) is 0 Å². The molecule has 0 aromatic rings. The van der Waals surface area contributed by atoms with Crippen LogP contribution in [-0.2, 0) is 0 Å². The van der Waals surface area contributed by atoms with Gasteiger partial charge in [-0.3, -0.25) is 0 Å². The molecule has 0 aliphatic carbocycles. The van der Waals surface area contributed by atoms with Crippen molar-refractivity contribution in [1.29, 1.82) is 0 Å². The van der Waals surface area contributed by atoms with E-state index >= 15 is 0 Å². The fourth-order valence-electron chi connectivity index (χ4n) is 1.00. The molecule has 0 spiro atoms. The van der Waals surface area contributed by atoms with Crippen LogP contribution >= 0.6 is 22.9 Å². The quantitative estimate of drug-likeness (QED) is 0.460. The van der Waals surface area contributed by atoms with Crippen LogP contribution in [0, 0.1) is 0 Å². The highest BCUT2D eigenvalue weighted by molar-refractivity contribution is 14.1. The molecular weight excluding hydrogens is 227 g/mol. The predicted octanol–water partition coefficient (Wildman–Crippen LogP) is 0.972. The minimum absolute atomic E-state index is 0.732. The molecule has 1 aliphatic heterocycles. The second-order valence-corrected chi connectivity index (χ2v) is 4.06. The molecule has 2 nitrogen and oxygen atoms in total. The molecule has 0 unspecified atom stereocenters. The van der Waals surface area contributed by atoms with E-state index in [9.17, 15) is 0 Å². The average Bonchev–Trinajstić information content (AvgIpc) is 1.80. The first-order valence-corrected chi connectivity index (χ1v) is 4.27. The van der Waals surface area contributed by atoms with Gasteiger partial charge in [-0.15, -0.1) is 0 Å². The zero-order valence-electron chi connectivity index (χ0n) is 5.97. The van der Waals surface area contributed by atoms with E-state index in [2.05, 4.69) is 44.8 Å². The fraction of sp³-hybridized carbons (Fsp3) is 1.00. The van der Waals surface area contributed by atoms with Gasteiger partial charge in [0.1, 0.15) is 0 Å². The van der Waals surface area contributed by atoms with E-state index in [1.54, 1.807) is 0 Å². The largest absolute Gasteiger partial charge is 0.301 e. The van der Waals surface area contributed by atoms with E-state index in [0.717, 1.165) is 6.04 Å². The first-order valence-electron chi connectivity index (χ1n) is 3.31. The molecule has 54 valence electrons. The monoisotopic (exact) mass is 240 g/mol. The summed E-state index contributed by atoms with van der Waals surface area (Å²) in [7, 11) is 2.19. The van der Waals surface area contributed by atoms with Gasteiger partial charge < -0.3 is 4.90 Å². The third kappa shape index (κ3) is 2.05. The van der Waals surface area contributed by atoms with Crippen molar-refractivity contribution in [2.45, 2.75) is 13.0 Å². The van der Waals surface area contributed by atoms with E-state index in [-0.39, 0.29) is 0 Å². The Morgan fingerprint density at radius 1 is 1.44 bits per heavy atom. The number of nitrogens with zero attached hydrogens (tertiary/aromatic N) is 2. The summed E-state index contributed by atoms with van der Waals surface area (Å²) in [6, 6.07) is 0.732. The third-order valence-corrected chi connectivity index (χ3v) is 2.79. The molecule has 1 atom stereocenters. The van der Waals surface area contributed by atoms with Crippen LogP contribution in [0.3, 0.4) is 0 Å². The van der Waals surface area contributed by atoms with E-state index in [0.29, 0.717) is 0 Å². The summed E-state index contributed by atoms with van der Waals surface area (Å²) in [6.07, 6.45) is 0. The van der Waals surface area contributed by atoms with Crippen molar-refractivity contribution in [2.24, 2.45) is 0 Å². The van der Waals surface area contributed by atoms with Gasteiger partial charge in [0.15, 0.2) is 0 Å². The average molecular weight is 240 g/mol. The fourth-order valence-corrected chi connectivity index (χ4v) is 1.79. The molecule has 1 rings (SSSR count). The van der Waals surface area contributed by atoms with Gasteiger partial charge in [-0.25, -0.2) is 3.11 Å². The van der Waals surface area contributed by atoms with Crippen LogP contribution in [0.5, 0.6) is 0 Å². The Kier molecular flexibility index (Phi) is 2.73. The lowest BCUT2D eigenvalue weighted by Gasteiger charge is -2.34. The molecule has 0 bridgehead atoms. The number of hydrogen-bond acceptors (Lipinski definition) is 2. The number of hydrogen-bond donors (Lipinski definition) is 0. The number of likely N-dealkylation sites (N-methyl/N-ethyl adjacent to an activating group) is 1. The van der Waals surface area contributed by atoms with Crippen molar-refractivity contribution in [3.63, 3.8) is 0 Å². The van der Waals surface area contributed by atoms with Crippen molar-refractivity contribution >= 4 is 22.9 Å². The molecule has 1 heterocycles. The van der Waals surface area contributed by atoms with Gasteiger partial charge >= 0.3 is 0 Å².